The SMILES string of the molecule is O=C(O)c1ccc(-c2ccc(OCCCCCCCCCCOc3cccc(O)c3)cc2)cc1. The molecule has 0 aliphatic rings. The van der Waals surface area contributed by atoms with E-state index in [2.05, 4.69) is 0 Å². The molecule has 5 nitrogen and oxygen atoms in total. The summed E-state index contributed by atoms with van der Waals surface area (Å²) in [6, 6.07) is 21.8. The number of phenolic OH excluding ortho intramolecular Hbond substituents is 1. The van der Waals surface area contributed by atoms with Crippen molar-refractivity contribution in [3.63, 3.8) is 0 Å². The molecule has 0 fully saturated rings. The normalized spacial score (nSPS) is 10.7. The molecule has 3 rings (SSSR count). The van der Waals surface area contributed by atoms with Crippen LogP contribution in [0.25, 0.3) is 11.1 Å². The first-order valence-electron chi connectivity index (χ1n) is 12.1. The molecule has 0 unspecified atom stereocenters. The van der Waals surface area contributed by atoms with E-state index in [0.717, 1.165) is 42.1 Å². The van der Waals surface area contributed by atoms with Crippen molar-refractivity contribution in [3.8, 4) is 28.4 Å². The van der Waals surface area contributed by atoms with Gasteiger partial charge in [0, 0.05) is 6.07 Å². The second-order valence-electron chi connectivity index (χ2n) is 8.43. The number of hydrogen-bond acceptors (Lipinski definition) is 4. The molecule has 3 aromatic carbocycles. The summed E-state index contributed by atoms with van der Waals surface area (Å²) in [6.45, 7) is 1.41. The minimum atomic E-state index is -0.914. The Morgan fingerprint density at radius 2 is 1.12 bits per heavy atom. The number of aromatic hydroxyl groups is 1. The summed E-state index contributed by atoms with van der Waals surface area (Å²) >= 11 is 0. The number of carbonyl (C=O) groups is 1. The van der Waals surface area contributed by atoms with E-state index in [4.69, 9.17) is 14.6 Å². The Morgan fingerprint density at radius 3 is 1.65 bits per heavy atom. The lowest BCUT2D eigenvalue weighted by molar-refractivity contribution is 0.0697. The van der Waals surface area contributed by atoms with E-state index in [-0.39, 0.29) is 5.75 Å². The lowest BCUT2D eigenvalue weighted by Crippen LogP contribution is -1.98. The van der Waals surface area contributed by atoms with Crippen molar-refractivity contribution in [1.29, 1.82) is 0 Å². The van der Waals surface area contributed by atoms with Crippen molar-refractivity contribution in [2.24, 2.45) is 0 Å². The smallest absolute Gasteiger partial charge is 0.335 e. The van der Waals surface area contributed by atoms with Crippen LogP contribution in [0.2, 0.25) is 0 Å². The Bertz CT molecular complexity index is 996. The van der Waals surface area contributed by atoms with Crippen LogP contribution >= 0.6 is 0 Å². The third-order valence-electron chi connectivity index (χ3n) is 5.71. The van der Waals surface area contributed by atoms with Gasteiger partial charge in [-0.25, -0.2) is 4.79 Å². The van der Waals surface area contributed by atoms with Gasteiger partial charge in [-0.05, 0) is 60.4 Å². The molecule has 0 bridgehead atoms. The van der Waals surface area contributed by atoms with Gasteiger partial charge in [-0.2, -0.15) is 0 Å². The van der Waals surface area contributed by atoms with Gasteiger partial charge in [0.2, 0.25) is 0 Å². The molecule has 0 aromatic heterocycles. The molecule has 0 saturated heterocycles. The molecule has 5 heteroatoms. The maximum absolute atomic E-state index is 11.0. The van der Waals surface area contributed by atoms with Crippen molar-refractivity contribution in [2.45, 2.75) is 51.4 Å². The first-order valence-corrected chi connectivity index (χ1v) is 12.1. The van der Waals surface area contributed by atoms with Gasteiger partial charge in [0.25, 0.3) is 0 Å². The lowest BCUT2D eigenvalue weighted by Gasteiger charge is -2.08. The fourth-order valence-corrected chi connectivity index (χ4v) is 3.77. The Morgan fingerprint density at radius 1 is 0.618 bits per heavy atom. The average Bonchev–Trinajstić information content (AvgIpc) is 2.85. The Kier molecular flexibility index (Phi) is 10.3. The van der Waals surface area contributed by atoms with Crippen LogP contribution in [0.5, 0.6) is 17.2 Å². The predicted octanol–water partition coefficient (Wildman–Crippen LogP) is 7.34. The summed E-state index contributed by atoms with van der Waals surface area (Å²) in [7, 11) is 0. The molecule has 3 aromatic rings. The number of unbranched alkanes of at least 4 members (excludes halogenated alkanes) is 7. The Labute approximate surface area is 202 Å². The largest absolute Gasteiger partial charge is 0.508 e. The zero-order chi connectivity index (χ0) is 24.0. The van der Waals surface area contributed by atoms with E-state index in [9.17, 15) is 9.90 Å². The predicted molar refractivity (Wildman–Crippen MR) is 135 cm³/mol. The summed E-state index contributed by atoms with van der Waals surface area (Å²) in [5, 5.41) is 18.4. The number of carboxylic acid groups (broad SMARTS) is 1. The molecule has 0 aliphatic heterocycles. The summed E-state index contributed by atoms with van der Waals surface area (Å²) < 4.78 is 11.5. The minimum Gasteiger partial charge on any atom is -0.508 e. The topological polar surface area (TPSA) is 76.0 Å². The highest BCUT2D eigenvalue weighted by molar-refractivity contribution is 5.88. The van der Waals surface area contributed by atoms with Crippen LogP contribution in [0.3, 0.4) is 0 Å². The number of phenols is 1. The Hall–Kier alpha value is -3.47. The number of benzene rings is 3. The van der Waals surface area contributed by atoms with Crippen LogP contribution in [0.4, 0.5) is 0 Å². The van der Waals surface area contributed by atoms with Crippen molar-refractivity contribution >= 4 is 5.97 Å². The van der Waals surface area contributed by atoms with E-state index in [1.807, 2.05) is 42.5 Å². The average molecular weight is 463 g/mol. The molecule has 0 spiro atoms. The fourth-order valence-electron chi connectivity index (χ4n) is 3.77. The van der Waals surface area contributed by atoms with Crippen LogP contribution in [0.15, 0.2) is 72.8 Å². The molecule has 0 heterocycles. The zero-order valence-corrected chi connectivity index (χ0v) is 19.6. The van der Waals surface area contributed by atoms with Crippen LogP contribution in [0, 0.1) is 0 Å². The first-order chi connectivity index (χ1) is 16.6. The maximum atomic E-state index is 11.0. The molecule has 180 valence electrons. The molecule has 0 amide bonds. The van der Waals surface area contributed by atoms with Gasteiger partial charge in [-0.3, -0.25) is 0 Å². The highest BCUT2D eigenvalue weighted by Gasteiger charge is 2.04. The number of hydrogen-bond donors (Lipinski definition) is 2. The van der Waals surface area contributed by atoms with Crippen LogP contribution < -0.4 is 9.47 Å². The van der Waals surface area contributed by atoms with Gasteiger partial charge < -0.3 is 19.7 Å². The van der Waals surface area contributed by atoms with E-state index in [1.54, 1.807) is 30.3 Å². The van der Waals surface area contributed by atoms with Gasteiger partial charge in [0.1, 0.15) is 17.2 Å². The molecule has 0 aliphatic carbocycles. The van der Waals surface area contributed by atoms with Crippen molar-refractivity contribution in [3.05, 3.63) is 78.4 Å². The highest BCUT2D eigenvalue weighted by Crippen LogP contribution is 2.23. The monoisotopic (exact) mass is 462 g/mol. The fraction of sp³-hybridized carbons (Fsp3) is 0.345. The van der Waals surface area contributed by atoms with Gasteiger partial charge in [0.15, 0.2) is 0 Å². The minimum absolute atomic E-state index is 0.239. The molecule has 0 radical (unpaired) electrons. The van der Waals surface area contributed by atoms with E-state index in [0.29, 0.717) is 12.2 Å². The molecule has 34 heavy (non-hydrogen) atoms. The van der Waals surface area contributed by atoms with Gasteiger partial charge >= 0.3 is 5.97 Å². The van der Waals surface area contributed by atoms with E-state index < -0.39 is 5.97 Å². The lowest BCUT2D eigenvalue weighted by atomic mass is 10.0. The Balaban J connectivity index is 1.18. The number of ether oxygens (including phenoxy) is 2. The zero-order valence-electron chi connectivity index (χ0n) is 19.6. The summed E-state index contributed by atoms with van der Waals surface area (Å²) in [5.41, 5.74) is 2.32. The van der Waals surface area contributed by atoms with Crippen molar-refractivity contribution < 1.29 is 24.5 Å². The van der Waals surface area contributed by atoms with Crippen molar-refractivity contribution in [1.82, 2.24) is 0 Å². The van der Waals surface area contributed by atoms with Crippen LogP contribution in [0.1, 0.15) is 61.7 Å². The third-order valence-corrected chi connectivity index (χ3v) is 5.71. The number of carboxylic acids is 1. The molecule has 2 N–H and O–H groups in total. The van der Waals surface area contributed by atoms with Crippen molar-refractivity contribution in [2.75, 3.05) is 13.2 Å². The van der Waals surface area contributed by atoms with Crippen LogP contribution in [-0.2, 0) is 0 Å². The maximum Gasteiger partial charge on any atom is 0.335 e. The molecular formula is C29H34O5. The highest BCUT2D eigenvalue weighted by atomic mass is 16.5. The number of aromatic carboxylic acids is 1. The quantitative estimate of drug-likeness (QED) is 0.231. The summed E-state index contributed by atoms with van der Waals surface area (Å²) in [5.74, 6) is 0.912. The summed E-state index contributed by atoms with van der Waals surface area (Å²) in [4.78, 5) is 11.0. The molecular weight excluding hydrogens is 428 g/mol. The van der Waals surface area contributed by atoms with Gasteiger partial charge in [0.05, 0.1) is 18.8 Å². The van der Waals surface area contributed by atoms with E-state index in [1.165, 1.54) is 38.5 Å². The van der Waals surface area contributed by atoms with Gasteiger partial charge in [-0.1, -0.05) is 68.9 Å². The molecule has 0 saturated carbocycles. The standard InChI is InChI=1S/C29H34O5/c30-26-10-9-11-28(22-26)34-21-8-6-4-2-1-3-5-7-20-33-27-18-16-24(17-19-27)23-12-14-25(15-13-23)29(31)32/h9-19,22,30H,1-8,20-21H2,(H,31,32). The second kappa shape index (κ2) is 13.9. The first kappa shape index (κ1) is 25.2. The van der Waals surface area contributed by atoms with Crippen LogP contribution in [-0.4, -0.2) is 29.4 Å². The number of rotatable bonds is 15. The third kappa shape index (κ3) is 8.81. The second-order valence-corrected chi connectivity index (χ2v) is 8.43. The summed E-state index contributed by atoms with van der Waals surface area (Å²) in [6.07, 6.45) is 9.40. The molecule has 0 atom stereocenters. The van der Waals surface area contributed by atoms with E-state index >= 15 is 0 Å². The van der Waals surface area contributed by atoms with Gasteiger partial charge in [-0.15, -0.1) is 0 Å².